The fraction of sp³-hybridized carbons (Fsp3) is 0.280. The van der Waals surface area contributed by atoms with E-state index in [0.717, 1.165) is 45.9 Å². The van der Waals surface area contributed by atoms with Gasteiger partial charge in [0.1, 0.15) is 0 Å². The zero-order valence-electron chi connectivity index (χ0n) is 17.4. The SMILES string of the molecule is CC(=O)N(Cc1c(C(=O)[Se]c2ccccc2)n(C)c2ccccc12)C1C=CCCC1. The van der Waals surface area contributed by atoms with Gasteiger partial charge in [0.15, 0.2) is 0 Å². The zero-order valence-corrected chi connectivity index (χ0v) is 19.1. The van der Waals surface area contributed by atoms with Crippen molar-refractivity contribution in [1.29, 1.82) is 0 Å². The van der Waals surface area contributed by atoms with Crippen molar-refractivity contribution in [3.05, 3.63) is 78.0 Å². The number of aryl methyl sites for hydroxylation is 1. The molecule has 4 nitrogen and oxygen atoms in total. The molecule has 1 aliphatic rings. The summed E-state index contributed by atoms with van der Waals surface area (Å²) in [6, 6.07) is 18.1. The van der Waals surface area contributed by atoms with Gasteiger partial charge < -0.3 is 0 Å². The van der Waals surface area contributed by atoms with Crippen LogP contribution >= 0.6 is 0 Å². The van der Waals surface area contributed by atoms with Crippen LogP contribution in [0.5, 0.6) is 0 Å². The second-order valence-corrected chi connectivity index (χ2v) is 9.87. The van der Waals surface area contributed by atoms with Crippen molar-refractivity contribution in [3.63, 3.8) is 0 Å². The van der Waals surface area contributed by atoms with Gasteiger partial charge in [-0.3, -0.25) is 0 Å². The van der Waals surface area contributed by atoms with Crippen molar-refractivity contribution in [1.82, 2.24) is 9.47 Å². The quantitative estimate of drug-likeness (QED) is 0.411. The maximum absolute atomic E-state index is 13.4. The van der Waals surface area contributed by atoms with E-state index < -0.39 is 0 Å². The number of nitrogens with zero attached hydrogens (tertiary/aromatic N) is 2. The molecule has 3 aromatic rings. The molecule has 1 heterocycles. The van der Waals surface area contributed by atoms with Crippen LogP contribution in [0.3, 0.4) is 0 Å². The zero-order chi connectivity index (χ0) is 21.1. The van der Waals surface area contributed by atoms with E-state index in [9.17, 15) is 9.59 Å². The van der Waals surface area contributed by atoms with Crippen LogP contribution in [-0.2, 0) is 18.4 Å². The van der Waals surface area contributed by atoms with Gasteiger partial charge in [-0.05, 0) is 0 Å². The third-order valence-corrected chi connectivity index (χ3v) is 7.58. The van der Waals surface area contributed by atoms with Crippen molar-refractivity contribution in [2.75, 3.05) is 0 Å². The molecule has 0 fully saturated rings. The van der Waals surface area contributed by atoms with E-state index in [1.165, 1.54) is 0 Å². The Morgan fingerprint density at radius 2 is 1.83 bits per heavy atom. The van der Waals surface area contributed by atoms with Gasteiger partial charge in [-0.25, -0.2) is 0 Å². The summed E-state index contributed by atoms with van der Waals surface area (Å²) in [4.78, 5) is 27.9. The molecule has 0 saturated heterocycles. The molecule has 0 radical (unpaired) electrons. The predicted octanol–water partition coefficient (Wildman–Crippen LogP) is 3.81. The number of allylic oxidation sites excluding steroid dienone is 1. The summed E-state index contributed by atoms with van der Waals surface area (Å²) in [6.45, 7) is 2.08. The normalized spacial score (nSPS) is 16.0. The van der Waals surface area contributed by atoms with Crippen molar-refractivity contribution >= 4 is 40.9 Å². The number of aromatic nitrogens is 1. The molecule has 2 aromatic carbocycles. The van der Waals surface area contributed by atoms with Crippen LogP contribution in [0.2, 0.25) is 0 Å². The van der Waals surface area contributed by atoms with Gasteiger partial charge >= 0.3 is 184 Å². The van der Waals surface area contributed by atoms with Gasteiger partial charge in [0.2, 0.25) is 0 Å². The summed E-state index contributed by atoms with van der Waals surface area (Å²) in [6.07, 6.45) is 7.44. The Kier molecular flexibility index (Phi) is 6.21. The fourth-order valence-corrected chi connectivity index (χ4v) is 6.04. The van der Waals surface area contributed by atoms with Crippen LogP contribution in [0, 0.1) is 0 Å². The molecule has 0 aliphatic heterocycles. The van der Waals surface area contributed by atoms with Gasteiger partial charge in [0, 0.05) is 0 Å². The van der Waals surface area contributed by atoms with E-state index in [0.29, 0.717) is 6.54 Å². The minimum absolute atomic E-state index is 0.0476. The monoisotopic (exact) mass is 466 g/mol. The molecule has 0 bridgehead atoms. The first-order valence-electron chi connectivity index (χ1n) is 10.3. The van der Waals surface area contributed by atoms with Gasteiger partial charge in [0.25, 0.3) is 0 Å². The summed E-state index contributed by atoms with van der Waals surface area (Å²) < 4.78 is 3.21. The Morgan fingerprint density at radius 3 is 2.53 bits per heavy atom. The van der Waals surface area contributed by atoms with Crippen molar-refractivity contribution in [2.24, 2.45) is 7.05 Å². The Morgan fingerprint density at radius 1 is 1.10 bits per heavy atom. The predicted molar refractivity (Wildman–Crippen MR) is 122 cm³/mol. The first-order chi connectivity index (χ1) is 14.6. The van der Waals surface area contributed by atoms with Gasteiger partial charge in [0.05, 0.1) is 0 Å². The molecule has 4 rings (SSSR count). The fourth-order valence-electron chi connectivity index (χ4n) is 4.22. The van der Waals surface area contributed by atoms with Crippen molar-refractivity contribution in [3.8, 4) is 0 Å². The van der Waals surface area contributed by atoms with Gasteiger partial charge in [-0.1, -0.05) is 0 Å². The second-order valence-electron chi connectivity index (χ2n) is 7.68. The molecule has 1 aliphatic carbocycles. The number of carbonyl (C=O) groups is 2. The van der Waals surface area contributed by atoms with Gasteiger partial charge in [-0.15, -0.1) is 0 Å². The Hall–Kier alpha value is -2.62. The summed E-state index contributed by atoms with van der Waals surface area (Å²) >= 11 is -0.316. The standard InChI is InChI=1S/C25H26N2O2Se/c1-18(28)27(19-11-5-3-6-12-19)17-22-21-15-9-10-16-23(21)26(2)24(22)25(29)30-20-13-7-4-8-14-20/h4-5,7-11,13-16,19H,3,6,12,17H2,1-2H3. The molecular weight excluding hydrogens is 439 g/mol. The topological polar surface area (TPSA) is 42.3 Å². The average molecular weight is 465 g/mol. The van der Waals surface area contributed by atoms with Crippen LogP contribution in [-0.4, -0.2) is 41.1 Å². The van der Waals surface area contributed by atoms with Crippen molar-refractivity contribution in [2.45, 2.75) is 38.8 Å². The maximum atomic E-state index is 13.4. The number of hydrogen-bond donors (Lipinski definition) is 0. The third kappa shape index (κ3) is 4.14. The van der Waals surface area contributed by atoms with Crippen LogP contribution in [0.25, 0.3) is 10.9 Å². The third-order valence-electron chi connectivity index (χ3n) is 5.72. The molecule has 0 spiro atoms. The summed E-state index contributed by atoms with van der Waals surface area (Å²) in [7, 11) is 1.96. The number of amides is 1. The molecule has 1 aromatic heterocycles. The molecule has 1 atom stereocenters. The van der Waals surface area contributed by atoms with E-state index >= 15 is 0 Å². The number of fused-ring (bicyclic) bond motifs is 1. The Balaban J connectivity index is 1.76. The first-order valence-corrected chi connectivity index (χ1v) is 12.0. The molecule has 0 saturated carbocycles. The van der Waals surface area contributed by atoms with E-state index in [-0.39, 0.29) is 31.6 Å². The number of para-hydroxylation sites is 1. The van der Waals surface area contributed by atoms with E-state index in [4.69, 9.17) is 0 Å². The minimum atomic E-state index is -0.316. The van der Waals surface area contributed by atoms with Crippen LogP contribution in [0.1, 0.15) is 42.2 Å². The summed E-state index contributed by atoms with van der Waals surface area (Å²) in [5.74, 6) is 0.0476. The molecule has 5 heteroatoms. The van der Waals surface area contributed by atoms with Crippen LogP contribution in [0.15, 0.2) is 66.7 Å². The van der Waals surface area contributed by atoms with Crippen LogP contribution in [0.4, 0.5) is 0 Å². The number of benzene rings is 2. The van der Waals surface area contributed by atoms with E-state index in [1.54, 1.807) is 6.92 Å². The summed E-state index contributed by atoms with van der Waals surface area (Å²) in [5.41, 5.74) is 2.72. The van der Waals surface area contributed by atoms with E-state index in [2.05, 4.69) is 18.2 Å². The molecule has 154 valence electrons. The van der Waals surface area contributed by atoms with Crippen molar-refractivity contribution < 1.29 is 9.59 Å². The number of hydrogen-bond acceptors (Lipinski definition) is 2. The Bertz CT molecular complexity index is 1100. The molecule has 0 N–H and O–H groups in total. The molecular formula is C25H26N2O2Se. The number of rotatable bonds is 6. The summed E-state index contributed by atoms with van der Waals surface area (Å²) in [5, 5.41) is 1.05. The van der Waals surface area contributed by atoms with E-state index in [1.807, 2.05) is 65.0 Å². The van der Waals surface area contributed by atoms with Crippen LogP contribution < -0.4 is 4.46 Å². The molecule has 1 unspecified atom stereocenters. The first kappa shape index (κ1) is 20.6. The molecule has 1 amide bonds. The average Bonchev–Trinajstić information content (AvgIpc) is 3.05. The van der Waals surface area contributed by atoms with Gasteiger partial charge in [-0.2, -0.15) is 0 Å². The number of carbonyl (C=O) groups excluding carboxylic acids is 2. The second kappa shape index (κ2) is 9.03. The Labute approximate surface area is 183 Å². The molecule has 30 heavy (non-hydrogen) atoms.